The number of hydrogen-bond acceptors (Lipinski definition) is 3. The molecule has 2 aliphatic heterocycles. The first-order chi connectivity index (χ1) is 14.3. The van der Waals surface area contributed by atoms with E-state index in [0.717, 1.165) is 19.0 Å². The molecule has 0 amide bonds. The predicted molar refractivity (Wildman–Crippen MR) is 123 cm³/mol. The van der Waals surface area contributed by atoms with Crippen LogP contribution in [-0.2, 0) is 13.1 Å². The first-order valence-electron chi connectivity index (χ1n) is 11.8. The molecule has 0 bridgehead atoms. The van der Waals surface area contributed by atoms with Crippen molar-refractivity contribution >= 4 is 5.96 Å². The number of piperidine rings is 1. The highest BCUT2D eigenvalue weighted by Crippen LogP contribution is 2.14. The zero-order chi connectivity index (χ0) is 20.3. The maximum absolute atomic E-state index is 4.45. The van der Waals surface area contributed by atoms with Gasteiger partial charge in [0, 0.05) is 39.3 Å². The van der Waals surface area contributed by atoms with E-state index in [2.05, 4.69) is 56.6 Å². The van der Waals surface area contributed by atoms with E-state index >= 15 is 0 Å². The smallest absolute Gasteiger partial charge is 0.191 e. The van der Waals surface area contributed by atoms with E-state index < -0.39 is 0 Å². The second-order valence-corrected chi connectivity index (χ2v) is 8.70. The average molecular weight is 400 g/mol. The van der Waals surface area contributed by atoms with Gasteiger partial charge in [-0.2, -0.15) is 0 Å². The van der Waals surface area contributed by atoms with Crippen molar-refractivity contribution in [3.63, 3.8) is 0 Å². The molecule has 2 fully saturated rings. The van der Waals surface area contributed by atoms with Crippen molar-refractivity contribution < 1.29 is 0 Å². The van der Waals surface area contributed by atoms with Crippen LogP contribution in [-0.4, -0.2) is 61.6 Å². The van der Waals surface area contributed by atoms with E-state index in [9.17, 15) is 0 Å². The van der Waals surface area contributed by atoms with Crippen LogP contribution in [0.5, 0.6) is 0 Å². The predicted octanol–water partition coefficient (Wildman–Crippen LogP) is 3.60. The van der Waals surface area contributed by atoms with Crippen LogP contribution in [0.3, 0.4) is 0 Å². The Kier molecular flexibility index (Phi) is 9.29. The monoisotopic (exact) mass is 399 g/mol. The van der Waals surface area contributed by atoms with Crippen molar-refractivity contribution in [2.24, 2.45) is 4.99 Å². The van der Waals surface area contributed by atoms with Gasteiger partial charge in [0.15, 0.2) is 5.96 Å². The quantitative estimate of drug-likeness (QED) is 0.543. The number of guanidine groups is 1. The van der Waals surface area contributed by atoms with Crippen LogP contribution >= 0.6 is 0 Å². The maximum Gasteiger partial charge on any atom is 0.191 e. The van der Waals surface area contributed by atoms with E-state index in [0.29, 0.717) is 6.04 Å². The highest BCUT2D eigenvalue weighted by molar-refractivity contribution is 5.79. The molecule has 2 heterocycles. The fourth-order valence-corrected chi connectivity index (χ4v) is 4.58. The van der Waals surface area contributed by atoms with E-state index in [1.165, 1.54) is 88.8 Å². The molecule has 29 heavy (non-hydrogen) atoms. The Morgan fingerprint density at radius 2 is 1.72 bits per heavy atom. The standard InChI is InChI=1S/C24H41N5/c1-3-13-28-16-11-23(12-17-28)27-24(25-2)26-19-21-9-8-10-22(18-21)20-29-14-6-4-5-7-15-29/h8-10,18,23H,3-7,11-17,19-20H2,1-2H3,(H2,25,26,27). The van der Waals surface area contributed by atoms with E-state index in [-0.39, 0.29) is 0 Å². The van der Waals surface area contributed by atoms with Crippen LogP contribution in [0.1, 0.15) is 63.0 Å². The van der Waals surface area contributed by atoms with Crippen molar-refractivity contribution in [3.8, 4) is 0 Å². The molecule has 3 rings (SSSR count). The molecule has 5 heteroatoms. The topological polar surface area (TPSA) is 42.9 Å². The van der Waals surface area contributed by atoms with Crippen molar-refractivity contribution in [1.82, 2.24) is 20.4 Å². The van der Waals surface area contributed by atoms with Gasteiger partial charge in [-0.3, -0.25) is 9.89 Å². The van der Waals surface area contributed by atoms with Gasteiger partial charge in [-0.05, 0) is 62.9 Å². The number of nitrogens with one attached hydrogen (secondary N) is 2. The van der Waals surface area contributed by atoms with Gasteiger partial charge in [0.25, 0.3) is 0 Å². The van der Waals surface area contributed by atoms with Crippen LogP contribution in [0, 0.1) is 0 Å². The Bertz CT molecular complexity index is 613. The fraction of sp³-hybridized carbons (Fsp3) is 0.708. The van der Waals surface area contributed by atoms with Crippen molar-refractivity contribution in [1.29, 1.82) is 0 Å². The molecule has 0 aromatic heterocycles. The minimum atomic E-state index is 0.531. The summed E-state index contributed by atoms with van der Waals surface area (Å²) in [4.78, 5) is 9.64. The second-order valence-electron chi connectivity index (χ2n) is 8.70. The lowest BCUT2D eigenvalue weighted by Gasteiger charge is -2.32. The zero-order valence-electron chi connectivity index (χ0n) is 18.6. The van der Waals surface area contributed by atoms with Crippen LogP contribution in [0.4, 0.5) is 0 Å². The number of rotatable bonds is 7. The molecule has 0 unspecified atom stereocenters. The lowest BCUT2D eigenvalue weighted by molar-refractivity contribution is 0.206. The molecule has 5 nitrogen and oxygen atoms in total. The van der Waals surface area contributed by atoms with Crippen molar-refractivity contribution in [3.05, 3.63) is 35.4 Å². The molecule has 2 saturated heterocycles. The van der Waals surface area contributed by atoms with Gasteiger partial charge in [0.1, 0.15) is 0 Å². The lowest BCUT2D eigenvalue weighted by atomic mass is 10.1. The third-order valence-corrected chi connectivity index (χ3v) is 6.25. The van der Waals surface area contributed by atoms with Crippen LogP contribution in [0.25, 0.3) is 0 Å². The summed E-state index contributed by atoms with van der Waals surface area (Å²) in [5.74, 6) is 0.928. The van der Waals surface area contributed by atoms with Crippen LogP contribution < -0.4 is 10.6 Å². The largest absolute Gasteiger partial charge is 0.354 e. The van der Waals surface area contributed by atoms with Gasteiger partial charge >= 0.3 is 0 Å². The third kappa shape index (κ3) is 7.63. The van der Waals surface area contributed by atoms with E-state index in [1.807, 2.05) is 7.05 Å². The summed E-state index contributed by atoms with van der Waals surface area (Å²) in [7, 11) is 1.87. The van der Waals surface area contributed by atoms with Gasteiger partial charge in [-0.1, -0.05) is 44.0 Å². The lowest BCUT2D eigenvalue weighted by Crippen LogP contribution is -2.48. The maximum atomic E-state index is 4.45. The first-order valence-corrected chi connectivity index (χ1v) is 11.8. The Balaban J connectivity index is 1.44. The highest BCUT2D eigenvalue weighted by Gasteiger charge is 2.19. The Labute approximate surface area is 178 Å². The molecule has 162 valence electrons. The average Bonchev–Trinajstić information content (AvgIpc) is 3.01. The second kappa shape index (κ2) is 12.2. The molecule has 2 N–H and O–H groups in total. The molecule has 0 radical (unpaired) electrons. The van der Waals surface area contributed by atoms with Gasteiger partial charge in [-0.15, -0.1) is 0 Å². The van der Waals surface area contributed by atoms with Gasteiger partial charge in [-0.25, -0.2) is 0 Å². The van der Waals surface area contributed by atoms with Gasteiger partial charge < -0.3 is 15.5 Å². The Morgan fingerprint density at radius 3 is 2.41 bits per heavy atom. The van der Waals surface area contributed by atoms with Crippen LogP contribution in [0.2, 0.25) is 0 Å². The molecular formula is C24H41N5. The fourth-order valence-electron chi connectivity index (χ4n) is 4.58. The summed E-state index contributed by atoms with van der Waals surface area (Å²) in [6, 6.07) is 9.57. The molecule has 1 aromatic carbocycles. The molecule has 0 atom stereocenters. The molecule has 0 spiro atoms. The number of nitrogens with zero attached hydrogens (tertiary/aromatic N) is 3. The van der Waals surface area contributed by atoms with E-state index in [1.54, 1.807) is 0 Å². The number of hydrogen-bond donors (Lipinski definition) is 2. The van der Waals surface area contributed by atoms with Crippen molar-refractivity contribution in [2.75, 3.05) is 39.8 Å². The van der Waals surface area contributed by atoms with E-state index in [4.69, 9.17) is 0 Å². The van der Waals surface area contributed by atoms with Crippen molar-refractivity contribution in [2.45, 2.75) is 71.0 Å². The minimum absolute atomic E-state index is 0.531. The SMILES string of the molecule is CCCN1CCC(NC(=NC)NCc2cccc(CN3CCCCCC3)c2)CC1. The summed E-state index contributed by atoms with van der Waals surface area (Å²) in [6.45, 7) is 10.3. The summed E-state index contributed by atoms with van der Waals surface area (Å²) in [6.07, 6.45) is 9.13. The Hall–Kier alpha value is -1.59. The van der Waals surface area contributed by atoms with Crippen LogP contribution in [0.15, 0.2) is 29.3 Å². The van der Waals surface area contributed by atoms with Gasteiger partial charge in [0.05, 0.1) is 0 Å². The number of aliphatic imine (C=N–C) groups is 1. The van der Waals surface area contributed by atoms with Gasteiger partial charge in [0.2, 0.25) is 0 Å². The summed E-state index contributed by atoms with van der Waals surface area (Å²) in [5.41, 5.74) is 2.76. The minimum Gasteiger partial charge on any atom is -0.354 e. The summed E-state index contributed by atoms with van der Waals surface area (Å²) >= 11 is 0. The summed E-state index contributed by atoms with van der Waals surface area (Å²) < 4.78 is 0. The molecule has 0 saturated carbocycles. The molecule has 1 aromatic rings. The first kappa shape index (κ1) is 22.1. The zero-order valence-corrected chi connectivity index (χ0v) is 18.6. The molecule has 0 aliphatic carbocycles. The molecule has 2 aliphatic rings. The highest BCUT2D eigenvalue weighted by atomic mass is 15.2. The number of likely N-dealkylation sites (tertiary alicyclic amines) is 2. The number of benzene rings is 1. The third-order valence-electron chi connectivity index (χ3n) is 6.25. The molecular weight excluding hydrogens is 358 g/mol. The Morgan fingerprint density at radius 1 is 1.00 bits per heavy atom. The normalized spacial score (nSPS) is 20.4. The summed E-state index contributed by atoms with van der Waals surface area (Å²) in [5, 5.41) is 7.15.